The van der Waals surface area contributed by atoms with E-state index in [0.717, 1.165) is 22.7 Å². The molecule has 1 saturated carbocycles. The second kappa shape index (κ2) is 2.29. The molecule has 1 fully saturated rings. The van der Waals surface area contributed by atoms with Crippen LogP contribution in [0.4, 0.5) is 5.69 Å². The van der Waals surface area contributed by atoms with Crippen LogP contribution in [0.15, 0.2) is 22.6 Å². The smallest absolute Gasteiger partial charge is 0.201 e. The largest absolute Gasteiger partial charge is 0.440 e. The van der Waals surface area contributed by atoms with Gasteiger partial charge in [0, 0.05) is 11.1 Å². The summed E-state index contributed by atoms with van der Waals surface area (Å²) in [5.41, 5.74) is 8.30. The summed E-state index contributed by atoms with van der Waals surface area (Å²) in [6.07, 6.45) is 2.35. The average Bonchev–Trinajstić information content (AvgIpc) is 2.77. The van der Waals surface area contributed by atoms with E-state index >= 15 is 0 Å². The molecule has 1 aliphatic rings. The molecule has 0 atom stereocenters. The molecule has 1 aromatic heterocycles. The van der Waals surface area contributed by atoms with Gasteiger partial charge in [-0.05, 0) is 31.0 Å². The first-order valence-corrected chi connectivity index (χ1v) is 4.84. The van der Waals surface area contributed by atoms with Crippen LogP contribution in [0.5, 0.6) is 0 Å². The molecule has 2 N–H and O–H groups in total. The highest BCUT2D eigenvalue weighted by atomic mass is 16.3. The number of benzene rings is 1. The van der Waals surface area contributed by atoms with E-state index in [0.29, 0.717) is 0 Å². The molecule has 14 heavy (non-hydrogen) atoms. The first kappa shape index (κ1) is 7.85. The maximum absolute atomic E-state index is 5.68. The Labute approximate surface area is 81.9 Å². The van der Waals surface area contributed by atoms with Gasteiger partial charge in [0.25, 0.3) is 0 Å². The number of nitrogens with two attached hydrogens (primary N) is 1. The molecule has 3 heteroatoms. The first-order chi connectivity index (χ1) is 6.67. The van der Waals surface area contributed by atoms with Crippen molar-refractivity contribution < 1.29 is 4.42 Å². The zero-order valence-electron chi connectivity index (χ0n) is 8.08. The molecule has 0 bridgehead atoms. The fourth-order valence-electron chi connectivity index (χ4n) is 1.60. The van der Waals surface area contributed by atoms with Gasteiger partial charge in [-0.15, -0.1) is 0 Å². The van der Waals surface area contributed by atoms with Gasteiger partial charge in [-0.1, -0.05) is 6.92 Å². The molecule has 72 valence electrons. The van der Waals surface area contributed by atoms with Crippen molar-refractivity contribution in [3.8, 4) is 0 Å². The molecule has 0 radical (unpaired) electrons. The van der Waals surface area contributed by atoms with Gasteiger partial charge in [-0.2, -0.15) is 0 Å². The standard InChI is InChI=1S/C11H12N2O/c1-11(4-5-11)10-13-8-6-7(12)2-3-9(8)14-10/h2-3,6H,4-5,12H2,1H3. The molecular formula is C11H12N2O. The van der Waals surface area contributed by atoms with Gasteiger partial charge in [0.05, 0.1) is 0 Å². The molecule has 0 aliphatic heterocycles. The molecule has 2 aromatic rings. The minimum atomic E-state index is 0.188. The Bertz CT molecular complexity index is 497. The predicted octanol–water partition coefficient (Wildman–Crippen LogP) is 2.46. The SMILES string of the molecule is CC1(c2nc3cc(N)ccc3o2)CC1. The number of hydrogen-bond donors (Lipinski definition) is 1. The van der Waals surface area contributed by atoms with Crippen LogP contribution >= 0.6 is 0 Å². The molecule has 1 heterocycles. The topological polar surface area (TPSA) is 52.0 Å². The van der Waals surface area contributed by atoms with E-state index in [1.54, 1.807) is 0 Å². The Morgan fingerprint density at radius 3 is 2.93 bits per heavy atom. The fraction of sp³-hybridized carbons (Fsp3) is 0.364. The molecule has 0 amide bonds. The summed E-state index contributed by atoms with van der Waals surface area (Å²) in [5.74, 6) is 0.859. The highest BCUT2D eigenvalue weighted by Gasteiger charge is 2.43. The highest BCUT2D eigenvalue weighted by Crippen LogP contribution is 2.47. The van der Waals surface area contributed by atoms with Gasteiger partial charge in [0.1, 0.15) is 5.52 Å². The number of fused-ring (bicyclic) bond motifs is 1. The Balaban J connectivity index is 2.20. The zero-order chi connectivity index (χ0) is 9.76. The van der Waals surface area contributed by atoms with Crippen LogP contribution < -0.4 is 5.73 Å². The molecule has 0 unspecified atom stereocenters. The van der Waals surface area contributed by atoms with Crippen molar-refractivity contribution in [1.82, 2.24) is 4.98 Å². The van der Waals surface area contributed by atoms with Crippen molar-refractivity contribution in [3.63, 3.8) is 0 Å². The Morgan fingerprint density at radius 1 is 1.43 bits per heavy atom. The van der Waals surface area contributed by atoms with Gasteiger partial charge < -0.3 is 10.2 Å². The van der Waals surface area contributed by atoms with Crippen LogP contribution in [-0.4, -0.2) is 4.98 Å². The molecule has 0 saturated heterocycles. The Hall–Kier alpha value is -1.51. The Morgan fingerprint density at radius 2 is 2.21 bits per heavy atom. The lowest BCUT2D eigenvalue weighted by Gasteiger charge is -1.98. The molecular weight excluding hydrogens is 176 g/mol. The minimum absolute atomic E-state index is 0.188. The van der Waals surface area contributed by atoms with Gasteiger partial charge >= 0.3 is 0 Å². The number of hydrogen-bond acceptors (Lipinski definition) is 3. The average molecular weight is 188 g/mol. The first-order valence-electron chi connectivity index (χ1n) is 4.84. The third-order valence-corrected chi connectivity index (χ3v) is 2.93. The lowest BCUT2D eigenvalue weighted by molar-refractivity contribution is 0.477. The minimum Gasteiger partial charge on any atom is -0.440 e. The van der Waals surface area contributed by atoms with Gasteiger partial charge in [0.15, 0.2) is 5.58 Å². The number of rotatable bonds is 1. The second-order valence-electron chi connectivity index (χ2n) is 4.31. The van der Waals surface area contributed by atoms with Crippen LogP contribution in [0.3, 0.4) is 0 Å². The van der Waals surface area contributed by atoms with E-state index in [-0.39, 0.29) is 5.41 Å². The van der Waals surface area contributed by atoms with Crippen LogP contribution in [0.25, 0.3) is 11.1 Å². The van der Waals surface area contributed by atoms with Crippen molar-refractivity contribution in [2.45, 2.75) is 25.2 Å². The van der Waals surface area contributed by atoms with E-state index in [1.807, 2.05) is 18.2 Å². The maximum Gasteiger partial charge on any atom is 0.201 e. The number of anilines is 1. The normalized spacial score (nSPS) is 18.6. The van der Waals surface area contributed by atoms with Crippen LogP contribution in [-0.2, 0) is 5.41 Å². The summed E-state index contributed by atoms with van der Waals surface area (Å²) in [6, 6.07) is 5.58. The summed E-state index contributed by atoms with van der Waals surface area (Å²) >= 11 is 0. The van der Waals surface area contributed by atoms with Crippen molar-refractivity contribution in [2.75, 3.05) is 5.73 Å². The monoisotopic (exact) mass is 188 g/mol. The van der Waals surface area contributed by atoms with Crippen LogP contribution in [0.2, 0.25) is 0 Å². The summed E-state index contributed by atoms with van der Waals surface area (Å²) in [7, 11) is 0. The third-order valence-electron chi connectivity index (χ3n) is 2.93. The van der Waals surface area contributed by atoms with Crippen molar-refractivity contribution >= 4 is 16.8 Å². The number of aromatic nitrogens is 1. The summed E-state index contributed by atoms with van der Waals surface area (Å²) in [6.45, 7) is 2.18. The number of nitrogens with zero attached hydrogens (tertiary/aromatic N) is 1. The fourth-order valence-corrected chi connectivity index (χ4v) is 1.60. The van der Waals surface area contributed by atoms with Gasteiger partial charge in [-0.3, -0.25) is 0 Å². The molecule has 3 rings (SSSR count). The van der Waals surface area contributed by atoms with E-state index in [1.165, 1.54) is 12.8 Å². The quantitative estimate of drug-likeness (QED) is 0.699. The van der Waals surface area contributed by atoms with E-state index in [4.69, 9.17) is 10.2 Å². The lowest BCUT2D eigenvalue weighted by atomic mass is 10.1. The molecule has 0 spiro atoms. The summed E-state index contributed by atoms with van der Waals surface area (Å²) in [5, 5.41) is 0. The van der Waals surface area contributed by atoms with Crippen LogP contribution in [0, 0.1) is 0 Å². The predicted molar refractivity (Wildman–Crippen MR) is 55.0 cm³/mol. The molecule has 3 nitrogen and oxygen atoms in total. The van der Waals surface area contributed by atoms with Gasteiger partial charge in [0.2, 0.25) is 5.89 Å². The molecule has 1 aliphatic carbocycles. The highest BCUT2D eigenvalue weighted by molar-refractivity contribution is 5.76. The van der Waals surface area contributed by atoms with E-state index in [2.05, 4.69) is 11.9 Å². The van der Waals surface area contributed by atoms with E-state index < -0.39 is 0 Å². The third kappa shape index (κ3) is 1.02. The second-order valence-corrected chi connectivity index (χ2v) is 4.31. The summed E-state index contributed by atoms with van der Waals surface area (Å²) in [4.78, 5) is 4.46. The maximum atomic E-state index is 5.68. The van der Waals surface area contributed by atoms with Crippen molar-refractivity contribution in [1.29, 1.82) is 0 Å². The molecule has 1 aromatic carbocycles. The van der Waals surface area contributed by atoms with Crippen molar-refractivity contribution in [2.24, 2.45) is 0 Å². The summed E-state index contributed by atoms with van der Waals surface area (Å²) < 4.78 is 5.68. The number of oxazole rings is 1. The van der Waals surface area contributed by atoms with E-state index in [9.17, 15) is 0 Å². The van der Waals surface area contributed by atoms with Crippen LogP contribution in [0.1, 0.15) is 25.7 Å². The van der Waals surface area contributed by atoms with Crippen molar-refractivity contribution in [3.05, 3.63) is 24.1 Å². The zero-order valence-corrected chi connectivity index (χ0v) is 8.08. The van der Waals surface area contributed by atoms with Gasteiger partial charge in [-0.25, -0.2) is 4.98 Å². The lowest BCUT2D eigenvalue weighted by Crippen LogP contribution is -1.98. The number of nitrogen functional groups attached to an aromatic ring is 1. The Kier molecular flexibility index (Phi) is 1.29.